The van der Waals surface area contributed by atoms with Crippen LogP contribution in [-0.2, 0) is 26.5 Å². The fraction of sp³-hybridized carbons (Fsp3) is 0.194. The summed E-state index contributed by atoms with van der Waals surface area (Å²) in [4.78, 5) is 13.0. The SMILES string of the molecule is [2H]C([2H])([2H])c1ccc(-c2[c-]cccc2)nc1.[2H]C([2H])([2H])c1nc2c(ccc3c4cc[c-]c(-c5cc(C([2H])([2H])C(C)(C)C)ccn5)c4oc32)s1.[Ir+3]. The minimum atomic E-state index is -2.28. The van der Waals surface area contributed by atoms with Crippen LogP contribution in [0.4, 0.5) is 0 Å². The van der Waals surface area contributed by atoms with Crippen molar-refractivity contribution in [3.05, 3.63) is 113 Å². The van der Waals surface area contributed by atoms with Gasteiger partial charge in [0.25, 0.3) is 0 Å². The van der Waals surface area contributed by atoms with Gasteiger partial charge in [-0.2, -0.15) is 0 Å². The second kappa shape index (κ2) is 12.3. The molecule has 0 unspecified atom stereocenters. The third-order valence-corrected chi connectivity index (χ3v) is 7.08. The number of aromatic nitrogens is 3. The molecule has 0 spiro atoms. The first-order valence-corrected chi connectivity index (χ1v) is 13.8. The standard InChI is InChI=1S/C24H21N2OS.C12H10N.Ir/c1-14-26-21-20(28-14)9-8-17-16-6-5-7-18(22(16)27-23(17)21)19-12-15(10-11-25-19)13-24(2,3)4;1-10-7-8-12(13-9-10)11-5-3-2-4-6-11;/h5-6,8-12H,13H2,1-4H3;2-5,7-9H,1H3;/q2*-1;+3/i1D3,13D2;1D3;. The molecule has 0 aliphatic carbocycles. The zero-order chi connectivity index (χ0) is 35.4. The normalized spacial score (nSPS) is 15.1. The number of pyridine rings is 2. The Labute approximate surface area is 275 Å². The van der Waals surface area contributed by atoms with Crippen LogP contribution in [0.2, 0.25) is 0 Å². The molecule has 0 N–H and O–H groups in total. The zero-order valence-electron chi connectivity index (χ0n) is 31.1. The molecule has 0 radical (unpaired) electrons. The molecule has 3 aromatic carbocycles. The Bertz CT molecular complexity index is 2270. The number of hydrogen-bond donors (Lipinski definition) is 0. The van der Waals surface area contributed by atoms with Crippen molar-refractivity contribution in [3.8, 4) is 22.5 Å². The van der Waals surface area contributed by atoms with Crippen LogP contribution in [0.5, 0.6) is 0 Å². The minimum Gasteiger partial charge on any atom is -0.498 e. The largest absolute Gasteiger partial charge is 3.00 e. The predicted molar refractivity (Wildman–Crippen MR) is 170 cm³/mol. The van der Waals surface area contributed by atoms with Crippen molar-refractivity contribution in [1.82, 2.24) is 15.0 Å². The summed E-state index contributed by atoms with van der Waals surface area (Å²) in [5.41, 5.74) is 4.57. The number of benzene rings is 3. The minimum absolute atomic E-state index is 0. The van der Waals surface area contributed by atoms with Crippen LogP contribution < -0.4 is 0 Å². The molecular formula is C36H31IrN3OS+. The summed E-state index contributed by atoms with van der Waals surface area (Å²) in [5, 5.41) is 1.75. The van der Waals surface area contributed by atoms with Crippen molar-refractivity contribution >= 4 is 43.5 Å². The Morgan fingerprint density at radius 1 is 0.905 bits per heavy atom. The van der Waals surface area contributed by atoms with E-state index in [0.717, 1.165) is 38.1 Å². The second-order valence-electron chi connectivity index (χ2n) is 10.5. The first-order chi connectivity index (χ1) is 22.9. The summed E-state index contributed by atoms with van der Waals surface area (Å²) in [5.74, 6) is 0. The molecule has 0 amide bonds. The van der Waals surface area contributed by atoms with Crippen molar-refractivity contribution in [2.45, 2.75) is 40.8 Å². The van der Waals surface area contributed by atoms with Crippen LogP contribution in [0.3, 0.4) is 0 Å². The van der Waals surface area contributed by atoms with E-state index in [1.54, 1.807) is 42.6 Å². The fourth-order valence-electron chi connectivity index (χ4n) is 4.56. The molecule has 0 fully saturated rings. The molecule has 0 bridgehead atoms. The molecule has 0 atom stereocenters. The van der Waals surface area contributed by atoms with E-state index in [4.69, 9.17) is 15.4 Å². The molecule has 6 heteroatoms. The van der Waals surface area contributed by atoms with Gasteiger partial charge in [0, 0.05) is 28.7 Å². The van der Waals surface area contributed by atoms with Gasteiger partial charge in [-0.05, 0) is 54.6 Å². The van der Waals surface area contributed by atoms with E-state index in [2.05, 4.69) is 27.1 Å². The number of fused-ring (bicyclic) bond motifs is 5. The maximum Gasteiger partial charge on any atom is 3.00 e. The van der Waals surface area contributed by atoms with E-state index in [0.29, 0.717) is 33.5 Å². The Kier molecular flexibility index (Phi) is 6.15. The summed E-state index contributed by atoms with van der Waals surface area (Å²) < 4.78 is 69.0. The van der Waals surface area contributed by atoms with Gasteiger partial charge in [-0.15, -0.1) is 65.4 Å². The Morgan fingerprint density at radius 3 is 2.52 bits per heavy atom. The Morgan fingerprint density at radius 2 is 1.79 bits per heavy atom. The third kappa shape index (κ3) is 6.36. The van der Waals surface area contributed by atoms with Gasteiger partial charge in [-0.1, -0.05) is 61.5 Å². The van der Waals surface area contributed by atoms with Crippen LogP contribution in [-0.4, -0.2) is 15.0 Å². The van der Waals surface area contributed by atoms with Gasteiger partial charge in [-0.3, -0.25) is 0 Å². The van der Waals surface area contributed by atoms with Crippen molar-refractivity contribution < 1.29 is 35.5 Å². The van der Waals surface area contributed by atoms with Crippen LogP contribution in [0.15, 0.2) is 89.6 Å². The van der Waals surface area contributed by atoms with Gasteiger partial charge in [0.15, 0.2) is 0 Å². The van der Waals surface area contributed by atoms with Crippen LogP contribution in [0.1, 0.15) is 47.9 Å². The number of aryl methyl sites for hydroxylation is 2. The fourth-order valence-corrected chi connectivity index (χ4v) is 5.28. The molecule has 4 heterocycles. The van der Waals surface area contributed by atoms with E-state index in [1.807, 2.05) is 57.2 Å². The first kappa shape index (κ1) is 21.1. The molecule has 0 aliphatic heterocycles. The molecule has 7 rings (SSSR count). The van der Waals surface area contributed by atoms with Crippen molar-refractivity contribution in [1.29, 1.82) is 0 Å². The zero-order valence-corrected chi connectivity index (χ0v) is 26.3. The Hall–Kier alpha value is -3.70. The summed E-state index contributed by atoms with van der Waals surface area (Å²) in [7, 11) is 0. The molecule has 0 aliphatic rings. The number of hydrogen-bond acceptors (Lipinski definition) is 5. The van der Waals surface area contributed by atoms with Crippen LogP contribution in [0, 0.1) is 31.3 Å². The van der Waals surface area contributed by atoms with Gasteiger partial charge in [0.2, 0.25) is 0 Å². The summed E-state index contributed by atoms with van der Waals surface area (Å²) in [6.07, 6.45) is 1.43. The van der Waals surface area contributed by atoms with Gasteiger partial charge in [0.1, 0.15) is 11.1 Å². The van der Waals surface area contributed by atoms with Crippen molar-refractivity contribution in [2.75, 3.05) is 0 Å². The number of furan rings is 1. The number of nitrogens with zero attached hydrogens (tertiary/aromatic N) is 3. The molecular weight excluding hydrogens is 715 g/mol. The molecule has 210 valence electrons. The maximum atomic E-state index is 8.62. The van der Waals surface area contributed by atoms with E-state index in [1.165, 1.54) is 6.20 Å². The summed E-state index contributed by atoms with van der Waals surface area (Å²) in [6.45, 7) is 1.23. The summed E-state index contributed by atoms with van der Waals surface area (Å²) in [6, 6.07) is 27.9. The van der Waals surface area contributed by atoms with E-state index < -0.39 is 25.5 Å². The third-order valence-electron chi connectivity index (χ3n) is 6.24. The first-order valence-electron chi connectivity index (χ1n) is 17.0. The molecule has 4 nitrogen and oxygen atoms in total. The van der Waals surface area contributed by atoms with E-state index in [9.17, 15) is 0 Å². The van der Waals surface area contributed by atoms with Gasteiger partial charge >= 0.3 is 20.1 Å². The quantitative estimate of drug-likeness (QED) is 0.169. The van der Waals surface area contributed by atoms with Crippen LogP contribution >= 0.6 is 11.3 Å². The monoisotopic (exact) mass is 754 g/mol. The predicted octanol–water partition coefficient (Wildman–Crippen LogP) is 9.81. The van der Waals surface area contributed by atoms with E-state index in [-0.39, 0.29) is 30.7 Å². The molecule has 42 heavy (non-hydrogen) atoms. The maximum absolute atomic E-state index is 8.62. The topological polar surface area (TPSA) is 51.8 Å². The number of rotatable bonds is 3. The number of thiazole rings is 1. The average molecular weight is 754 g/mol. The smallest absolute Gasteiger partial charge is 0.498 e. The molecule has 0 saturated heterocycles. The van der Waals surface area contributed by atoms with Gasteiger partial charge in [0.05, 0.1) is 15.3 Å². The van der Waals surface area contributed by atoms with Crippen LogP contribution in [0.25, 0.3) is 54.7 Å². The van der Waals surface area contributed by atoms with Gasteiger partial charge < -0.3 is 14.4 Å². The van der Waals surface area contributed by atoms with Crippen molar-refractivity contribution in [2.24, 2.45) is 5.41 Å². The molecule has 4 aromatic heterocycles. The molecule has 7 aromatic rings. The molecule has 0 saturated carbocycles. The second-order valence-corrected chi connectivity index (χ2v) is 11.5. The average Bonchev–Trinajstić information content (AvgIpc) is 3.67. The van der Waals surface area contributed by atoms with Crippen molar-refractivity contribution in [3.63, 3.8) is 0 Å². The van der Waals surface area contributed by atoms with E-state index >= 15 is 0 Å². The van der Waals surface area contributed by atoms with Gasteiger partial charge in [-0.25, -0.2) is 4.98 Å². The summed E-state index contributed by atoms with van der Waals surface area (Å²) >= 11 is 1.14. The Balaban J connectivity index is 0.000000241.